The quantitative estimate of drug-likeness (QED) is 0.778. The summed E-state index contributed by atoms with van der Waals surface area (Å²) >= 11 is 0. The molecule has 7 heteroatoms. The highest BCUT2D eigenvalue weighted by atomic mass is 35.5. The minimum absolute atomic E-state index is 0. The van der Waals surface area contributed by atoms with Crippen LogP contribution in [0.1, 0.15) is 6.42 Å². The van der Waals surface area contributed by atoms with Crippen molar-refractivity contribution in [2.24, 2.45) is 5.73 Å². The maximum absolute atomic E-state index is 11.7. The number of sulfonamides is 1. The van der Waals surface area contributed by atoms with Gasteiger partial charge in [0.15, 0.2) is 0 Å². The molecule has 0 heterocycles. The van der Waals surface area contributed by atoms with Gasteiger partial charge in [0.05, 0.1) is 10.9 Å². The molecule has 0 radical (unpaired) electrons. The van der Waals surface area contributed by atoms with Gasteiger partial charge in [0.25, 0.3) is 15.9 Å². The molecule has 0 saturated heterocycles. The van der Waals surface area contributed by atoms with Gasteiger partial charge in [0, 0.05) is 6.42 Å². The van der Waals surface area contributed by atoms with Crippen molar-refractivity contribution in [1.82, 2.24) is 4.72 Å². The van der Waals surface area contributed by atoms with Crippen molar-refractivity contribution < 1.29 is 13.2 Å². The van der Waals surface area contributed by atoms with Crippen LogP contribution >= 0.6 is 12.4 Å². The molecule has 0 aliphatic heterocycles. The first-order valence-corrected chi connectivity index (χ1v) is 6.26. The molecule has 0 fully saturated rings. The predicted octanol–water partition coefficient (Wildman–Crippen LogP) is 0.264. The SMILES string of the molecule is C#CCC(N)C(=O)NS(=O)(=O)c1ccccc1.Cl. The van der Waals surface area contributed by atoms with E-state index in [1.165, 1.54) is 12.1 Å². The van der Waals surface area contributed by atoms with Crippen molar-refractivity contribution >= 4 is 28.3 Å². The van der Waals surface area contributed by atoms with Crippen LogP contribution < -0.4 is 10.5 Å². The van der Waals surface area contributed by atoms with Crippen molar-refractivity contribution in [3.05, 3.63) is 30.3 Å². The fraction of sp³-hybridized carbons (Fsp3) is 0.182. The van der Waals surface area contributed by atoms with E-state index in [9.17, 15) is 13.2 Å². The van der Waals surface area contributed by atoms with Crippen LogP contribution in [-0.2, 0) is 14.8 Å². The molecule has 1 aromatic rings. The van der Waals surface area contributed by atoms with Gasteiger partial charge in [-0.2, -0.15) is 0 Å². The Morgan fingerprint density at radius 2 is 1.94 bits per heavy atom. The number of terminal acetylenes is 1. The summed E-state index contributed by atoms with van der Waals surface area (Å²) in [5.74, 6) is 1.38. The predicted molar refractivity (Wildman–Crippen MR) is 70.4 cm³/mol. The Balaban J connectivity index is 0.00000289. The van der Waals surface area contributed by atoms with E-state index in [-0.39, 0.29) is 23.7 Å². The highest BCUT2D eigenvalue weighted by Gasteiger charge is 2.20. The van der Waals surface area contributed by atoms with Crippen LogP contribution in [0.3, 0.4) is 0 Å². The molecule has 18 heavy (non-hydrogen) atoms. The summed E-state index contributed by atoms with van der Waals surface area (Å²) in [6, 6.07) is 6.51. The zero-order valence-corrected chi connectivity index (χ0v) is 11.0. The van der Waals surface area contributed by atoms with Gasteiger partial charge in [0.2, 0.25) is 0 Å². The molecule has 0 spiro atoms. The minimum atomic E-state index is -3.87. The van der Waals surface area contributed by atoms with E-state index in [0.717, 1.165) is 0 Å². The maximum atomic E-state index is 11.7. The molecule has 1 unspecified atom stereocenters. The van der Waals surface area contributed by atoms with E-state index in [1.807, 2.05) is 4.72 Å². The van der Waals surface area contributed by atoms with Crippen LogP contribution in [0, 0.1) is 12.3 Å². The lowest BCUT2D eigenvalue weighted by Gasteiger charge is -2.10. The second-order valence-corrected chi connectivity index (χ2v) is 4.98. The van der Waals surface area contributed by atoms with Crippen molar-refractivity contribution in [1.29, 1.82) is 0 Å². The number of carbonyl (C=O) groups is 1. The topological polar surface area (TPSA) is 89.3 Å². The molecule has 0 aliphatic rings. The standard InChI is InChI=1S/C11H12N2O3S.ClH/c1-2-6-10(12)11(14)13-17(15,16)9-7-4-3-5-8-9;/h1,3-5,7-8,10H,6,12H2,(H,13,14);1H. The number of hydrogen-bond acceptors (Lipinski definition) is 4. The fourth-order valence-electron chi connectivity index (χ4n) is 1.09. The molecule has 98 valence electrons. The molecule has 0 bridgehead atoms. The Hall–Kier alpha value is -1.55. The van der Waals surface area contributed by atoms with Crippen LogP contribution in [0.25, 0.3) is 0 Å². The molecule has 5 nitrogen and oxygen atoms in total. The summed E-state index contributed by atoms with van der Waals surface area (Å²) < 4.78 is 25.3. The smallest absolute Gasteiger partial charge is 0.264 e. The van der Waals surface area contributed by atoms with Gasteiger partial charge >= 0.3 is 0 Å². The first-order valence-electron chi connectivity index (χ1n) is 4.78. The van der Waals surface area contributed by atoms with E-state index < -0.39 is 22.0 Å². The fourth-order valence-corrected chi connectivity index (χ4v) is 2.14. The summed E-state index contributed by atoms with van der Waals surface area (Å²) in [5.41, 5.74) is 5.39. The Morgan fingerprint density at radius 1 is 1.39 bits per heavy atom. The van der Waals surface area contributed by atoms with E-state index in [2.05, 4.69) is 5.92 Å². The largest absolute Gasteiger partial charge is 0.319 e. The molecular weight excluding hydrogens is 276 g/mol. The van der Waals surface area contributed by atoms with Gasteiger partial charge in [0.1, 0.15) is 0 Å². The third-order valence-electron chi connectivity index (χ3n) is 1.96. The van der Waals surface area contributed by atoms with Gasteiger partial charge in [-0.15, -0.1) is 24.8 Å². The van der Waals surface area contributed by atoms with Gasteiger partial charge in [-0.25, -0.2) is 13.1 Å². The Labute approximate surface area is 112 Å². The Morgan fingerprint density at radius 3 is 2.44 bits per heavy atom. The molecular formula is C11H13ClN2O3S. The molecule has 0 aliphatic carbocycles. The van der Waals surface area contributed by atoms with Crippen LogP contribution in [0.5, 0.6) is 0 Å². The second kappa shape index (κ2) is 7.01. The Bertz CT molecular complexity index is 537. The molecule has 1 atom stereocenters. The van der Waals surface area contributed by atoms with E-state index in [0.29, 0.717) is 0 Å². The van der Waals surface area contributed by atoms with Crippen molar-refractivity contribution in [2.75, 3.05) is 0 Å². The monoisotopic (exact) mass is 288 g/mol. The van der Waals surface area contributed by atoms with Crippen molar-refractivity contribution in [3.8, 4) is 12.3 Å². The zero-order chi connectivity index (χ0) is 12.9. The normalized spacial score (nSPS) is 11.8. The van der Waals surface area contributed by atoms with Gasteiger partial charge < -0.3 is 5.73 Å². The first-order chi connectivity index (χ1) is 7.97. The lowest BCUT2D eigenvalue weighted by atomic mass is 10.2. The van der Waals surface area contributed by atoms with E-state index >= 15 is 0 Å². The zero-order valence-electron chi connectivity index (χ0n) is 9.37. The molecule has 0 aromatic heterocycles. The Kier molecular flexibility index (Phi) is 6.41. The second-order valence-electron chi connectivity index (χ2n) is 3.30. The third kappa shape index (κ3) is 4.37. The molecule has 1 amide bonds. The van der Waals surface area contributed by atoms with Gasteiger partial charge in [-0.05, 0) is 12.1 Å². The summed E-state index contributed by atoms with van der Waals surface area (Å²) in [6.45, 7) is 0. The highest BCUT2D eigenvalue weighted by molar-refractivity contribution is 7.90. The summed E-state index contributed by atoms with van der Waals surface area (Å²) in [7, 11) is -3.87. The first kappa shape index (κ1) is 16.4. The minimum Gasteiger partial charge on any atom is -0.319 e. The maximum Gasteiger partial charge on any atom is 0.264 e. The lowest BCUT2D eigenvalue weighted by molar-refractivity contribution is -0.120. The van der Waals surface area contributed by atoms with Crippen LogP contribution in [0.2, 0.25) is 0 Å². The van der Waals surface area contributed by atoms with E-state index in [4.69, 9.17) is 12.2 Å². The average Bonchev–Trinajstić information content (AvgIpc) is 2.30. The number of nitrogens with one attached hydrogen (secondary N) is 1. The van der Waals surface area contributed by atoms with Crippen LogP contribution in [-0.4, -0.2) is 20.4 Å². The number of rotatable bonds is 4. The third-order valence-corrected chi connectivity index (χ3v) is 3.33. The number of hydrogen-bond donors (Lipinski definition) is 2. The number of halogens is 1. The molecule has 3 N–H and O–H groups in total. The van der Waals surface area contributed by atoms with Crippen LogP contribution in [0.4, 0.5) is 0 Å². The number of nitrogens with two attached hydrogens (primary N) is 1. The number of carbonyl (C=O) groups excluding carboxylic acids is 1. The number of benzene rings is 1. The summed E-state index contributed by atoms with van der Waals surface area (Å²) in [6.07, 6.45) is 4.96. The van der Waals surface area contributed by atoms with E-state index in [1.54, 1.807) is 18.2 Å². The highest BCUT2D eigenvalue weighted by Crippen LogP contribution is 2.07. The van der Waals surface area contributed by atoms with Crippen LogP contribution in [0.15, 0.2) is 35.2 Å². The molecule has 1 aromatic carbocycles. The summed E-state index contributed by atoms with van der Waals surface area (Å²) in [4.78, 5) is 11.4. The molecule has 0 saturated carbocycles. The van der Waals surface area contributed by atoms with Gasteiger partial charge in [-0.3, -0.25) is 4.79 Å². The van der Waals surface area contributed by atoms with Crippen molar-refractivity contribution in [2.45, 2.75) is 17.4 Å². The molecule has 1 rings (SSSR count). The number of amides is 1. The van der Waals surface area contributed by atoms with Gasteiger partial charge in [-0.1, -0.05) is 18.2 Å². The van der Waals surface area contributed by atoms with Crippen molar-refractivity contribution in [3.63, 3.8) is 0 Å². The average molecular weight is 289 g/mol. The summed E-state index contributed by atoms with van der Waals surface area (Å²) in [5, 5.41) is 0. The lowest BCUT2D eigenvalue weighted by Crippen LogP contribution is -2.43.